The second-order valence-electron chi connectivity index (χ2n) is 3.03. The number of esters is 1. The van der Waals surface area contributed by atoms with Crippen molar-refractivity contribution in [1.29, 1.82) is 0 Å². The van der Waals surface area contributed by atoms with Crippen LogP contribution in [0.4, 0.5) is 0 Å². The van der Waals surface area contributed by atoms with Crippen molar-refractivity contribution in [2.24, 2.45) is 0 Å². The van der Waals surface area contributed by atoms with Gasteiger partial charge in [0.15, 0.2) is 0 Å². The van der Waals surface area contributed by atoms with Crippen molar-refractivity contribution in [3.8, 4) is 0 Å². The predicted molar refractivity (Wildman–Crippen MR) is 59.9 cm³/mol. The van der Waals surface area contributed by atoms with Gasteiger partial charge in [-0.1, -0.05) is 23.7 Å². The highest BCUT2D eigenvalue weighted by Crippen LogP contribution is 2.08. The van der Waals surface area contributed by atoms with Crippen molar-refractivity contribution in [1.82, 2.24) is 5.32 Å². The summed E-state index contributed by atoms with van der Waals surface area (Å²) in [5, 5.41) is 3.07. The zero-order chi connectivity index (χ0) is 12.0. The molecule has 0 heterocycles. The van der Waals surface area contributed by atoms with E-state index >= 15 is 0 Å². The molecule has 1 amide bonds. The first-order chi connectivity index (χ1) is 7.63. The summed E-state index contributed by atoms with van der Waals surface area (Å²) in [7, 11) is 0. The number of carbonyl (C=O) groups is 2. The lowest BCUT2D eigenvalue weighted by atomic mass is 10.2. The molecule has 5 heteroatoms. The molecule has 0 aliphatic rings. The van der Waals surface area contributed by atoms with Gasteiger partial charge in [-0.15, -0.1) is 0 Å². The lowest BCUT2D eigenvalue weighted by molar-refractivity contribution is -0.154. The molecule has 0 unspecified atom stereocenters. The monoisotopic (exact) mass is 241 g/mol. The van der Waals surface area contributed by atoms with Gasteiger partial charge in [-0.3, -0.25) is 4.79 Å². The fourth-order valence-electron chi connectivity index (χ4n) is 1.05. The van der Waals surface area contributed by atoms with Crippen LogP contribution in [0.5, 0.6) is 0 Å². The molecule has 86 valence electrons. The van der Waals surface area contributed by atoms with E-state index in [1.54, 1.807) is 31.2 Å². The molecule has 0 fully saturated rings. The number of nitrogens with one attached hydrogen (secondary N) is 1. The number of ether oxygens (including phenoxy) is 1. The highest BCUT2D eigenvalue weighted by Gasteiger charge is 2.13. The van der Waals surface area contributed by atoms with Gasteiger partial charge < -0.3 is 10.1 Å². The Bertz CT molecular complexity index is 375. The maximum absolute atomic E-state index is 11.2. The summed E-state index contributed by atoms with van der Waals surface area (Å²) >= 11 is 5.70. The van der Waals surface area contributed by atoms with E-state index in [4.69, 9.17) is 11.6 Å². The van der Waals surface area contributed by atoms with Crippen molar-refractivity contribution in [3.63, 3.8) is 0 Å². The van der Waals surface area contributed by atoms with Gasteiger partial charge in [-0.2, -0.15) is 0 Å². The molecule has 16 heavy (non-hydrogen) atoms. The summed E-state index contributed by atoms with van der Waals surface area (Å²) in [6.07, 6.45) is 0. The topological polar surface area (TPSA) is 55.4 Å². The van der Waals surface area contributed by atoms with E-state index in [1.165, 1.54) is 0 Å². The van der Waals surface area contributed by atoms with Crippen LogP contribution in [-0.2, 0) is 20.9 Å². The quantitative estimate of drug-likeness (QED) is 0.645. The molecule has 0 spiro atoms. The smallest absolute Gasteiger partial charge is 0.396 e. The molecular formula is C11H12ClNO3. The summed E-state index contributed by atoms with van der Waals surface area (Å²) in [5.41, 5.74) is 0.863. The largest absolute Gasteiger partial charge is 0.459 e. The van der Waals surface area contributed by atoms with Gasteiger partial charge in [0.25, 0.3) is 0 Å². The summed E-state index contributed by atoms with van der Waals surface area (Å²) in [6.45, 7) is 2.10. The molecule has 0 aliphatic carbocycles. The molecule has 0 radical (unpaired) electrons. The molecule has 0 saturated carbocycles. The third-order valence-electron chi connectivity index (χ3n) is 1.83. The van der Waals surface area contributed by atoms with Crippen LogP contribution in [0.25, 0.3) is 0 Å². The SMILES string of the molecule is CCOC(=O)C(=O)NCc1ccc(Cl)cc1. The number of carbonyl (C=O) groups excluding carboxylic acids is 2. The molecule has 1 rings (SSSR count). The third-order valence-corrected chi connectivity index (χ3v) is 2.08. The Balaban J connectivity index is 2.42. The fourth-order valence-corrected chi connectivity index (χ4v) is 1.18. The number of hydrogen-bond acceptors (Lipinski definition) is 3. The molecule has 0 atom stereocenters. The van der Waals surface area contributed by atoms with Gasteiger partial charge in [-0.25, -0.2) is 4.79 Å². The molecule has 0 bridgehead atoms. The zero-order valence-corrected chi connectivity index (χ0v) is 9.58. The number of rotatable bonds is 3. The van der Waals surface area contributed by atoms with Crippen molar-refractivity contribution >= 4 is 23.5 Å². The minimum atomic E-state index is -0.864. The molecular weight excluding hydrogens is 230 g/mol. The first-order valence-electron chi connectivity index (χ1n) is 4.83. The Hall–Kier alpha value is -1.55. The van der Waals surface area contributed by atoms with Crippen LogP contribution in [0.1, 0.15) is 12.5 Å². The Morgan fingerprint density at radius 1 is 1.31 bits per heavy atom. The summed E-state index contributed by atoms with van der Waals surface area (Å²) in [6, 6.07) is 6.97. The van der Waals surface area contributed by atoms with Gasteiger partial charge in [0.05, 0.1) is 6.61 Å². The number of hydrogen-bond donors (Lipinski definition) is 1. The van der Waals surface area contributed by atoms with Gasteiger partial charge in [0.2, 0.25) is 0 Å². The maximum Gasteiger partial charge on any atom is 0.396 e. The third kappa shape index (κ3) is 3.90. The summed E-state index contributed by atoms with van der Waals surface area (Å²) in [5.74, 6) is -1.60. The van der Waals surface area contributed by atoms with E-state index in [2.05, 4.69) is 10.1 Å². The lowest BCUT2D eigenvalue weighted by Crippen LogP contribution is -2.32. The standard InChI is InChI=1S/C11H12ClNO3/c1-2-16-11(15)10(14)13-7-8-3-5-9(12)6-4-8/h3-6H,2,7H2,1H3,(H,13,14). The first kappa shape index (κ1) is 12.5. The van der Waals surface area contributed by atoms with Gasteiger partial charge in [0, 0.05) is 11.6 Å². The molecule has 1 aromatic rings. The Morgan fingerprint density at radius 3 is 2.50 bits per heavy atom. The number of benzene rings is 1. The van der Waals surface area contributed by atoms with Crippen LogP contribution < -0.4 is 5.32 Å². The Morgan fingerprint density at radius 2 is 1.94 bits per heavy atom. The minimum Gasteiger partial charge on any atom is -0.459 e. The minimum absolute atomic E-state index is 0.188. The van der Waals surface area contributed by atoms with Crippen LogP contribution in [0, 0.1) is 0 Å². The average molecular weight is 242 g/mol. The van der Waals surface area contributed by atoms with Crippen molar-refractivity contribution in [2.75, 3.05) is 6.61 Å². The summed E-state index contributed by atoms with van der Waals surface area (Å²) < 4.78 is 4.54. The summed E-state index contributed by atoms with van der Waals surface area (Å²) in [4.78, 5) is 22.1. The average Bonchev–Trinajstić information content (AvgIpc) is 2.28. The number of halogens is 1. The Kier molecular flexibility index (Phi) is 4.79. The van der Waals surface area contributed by atoms with Crippen LogP contribution >= 0.6 is 11.6 Å². The second kappa shape index (κ2) is 6.12. The fraction of sp³-hybridized carbons (Fsp3) is 0.273. The normalized spacial score (nSPS) is 9.62. The van der Waals surface area contributed by atoms with E-state index in [-0.39, 0.29) is 13.2 Å². The van der Waals surface area contributed by atoms with Crippen LogP contribution in [0.2, 0.25) is 5.02 Å². The van der Waals surface area contributed by atoms with Gasteiger partial charge in [0.1, 0.15) is 0 Å². The van der Waals surface area contributed by atoms with Crippen molar-refractivity contribution in [3.05, 3.63) is 34.9 Å². The number of amides is 1. The van der Waals surface area contributed by atoms with E-state index in [9.17, 15) is 9.59 Å². The Labute approximate surface area is 98.5 Å². The predicted octanol–water partition coefficient (Wildman–Crippen LogP) is 1.52. The molecule has 1 aromatic carbocycles. The zero-order valence-electron chi connectivity index (χ0n) is 8.83. The van der Waals surface area contributed by atoms with E-state index in [0.29, 0.717) is 5.02 Å². The van der Waals surface area contributed by atoms with Crippen molar-refractivity contribution in [2.45, 2.75) is 13.5 Å². The molecule has 0 aliphatic heterocycles. The lowest BCUT2D eigenvalue weighted by Gasteiger charge is -2.04. The maximum atomic E-state index is 11.2. The van der Waals surface area contributed by atoms with E-state index in [1.807, 2.05) is 0 Å². The first-order valence-corrected chi connectivity index (χ1v) is 5.20. The molecule has 4 nitrogen and oxygen atoms in total. The molecule has 1 N–H and O–H groups in total. The van der Waals surface area contributed by atoms with Gasteiger partial charge >= 0.3 is 11.9 Å². The van der Waals surface area contributed by atoms with Crippen LogP contribution in [-0.4, -0.2) is 18.5 Å². The van der Waals surface area contributed by atoms with Gasteiger partial charge in [-0.05, 0) is 24.6 Å². The van der Waals surface area contributed by atoms with E-state index in [0.717, 1.165) is 5.56 Å². The van der Waals surface area contributed by atoms with Crippen molar-refractivity contribution < 1.29 is 14.3 Å². The second-order valence-corrected chi connectivity index (χ2v) is 3.47. The highest BCUT2D eigenvalue weighted by molar-refractivity contribution is 6.32. The van der Waals surface area contributed by atoms with Crippen LogP contribution in [0.15, 0.2) is 24.3 Å². The molecule has 0 aromatic heterocycles. The molecule has 0 saturated heterocycles. The van der Waals surface area contributed by atoms with Crippen LogP contribution in [0.3, 0.4) is 0 Å². The highest BCUT2D eigenvalue weighted by atomic mass is 35.5. The van der Waals surface area contributed by atoms with E-state index < -0.39 is 11.9 Å².